The summed E-state index contributed by atoms with van der Waals surface area (Å²) in [5.41, 5.74) is 8.55. The van der Waals surface area contributed by atoms with Crippen LogP contribution in [0.1, 0.15) is 50.9 Å². The van der Waals surface area contributed by atoms with E-state index in [1.54, 1.807) is 11.0 Å². The molecule has 0 bridgehead atoms. The fourth-order valence-electron chi connectivity index (χ4n) is 4.43. The van der Waals surface area contributed by atoms with Gasteiger partial charge in [-0.2, -0.15) is 0 Å². The van der Waals surface area contributed by atoms with Crippen LogP contribution in [0.15, 0.2) is 36.4 Å². The smallest absolute Gasteiger partial charge is 0.143 e. The topological polar surface area (TPSA) is 121 Å². The number of hydrogen-bond donors (Lipinski definition) is 5. The van der Waals surface area contributed by atoms with Gasteiger partial charge in [-0.25, -0.2) is 0 Å². The lowest BCUT2D eigenvalue weighted by atomic mass is 9.97. The molecule has 0 aromatic heterocycles. The van der Waals surface area contributed by atoms with Crippen molar-refractivity contribution in [1.82, 2.24) is 15.1 Å². The van der Waals surface area contributed by atoms with Gasteiger partial charge >= 0.3 is 0 Å². The van der Waals surface area contributed by atoms with Gasteiger partial charge in [-0.15, -0.1) is 0 Å². The van der Waals surface area contributed by atoms with Crippen molar-refractivity contribution in [2.45, 2.75) is 45.8 Å². The first kappa shape index (κ1) is 28.7. The Kier molecular flexibility index (Phi) is 10.2. The van der Waals surface area contributed by atoms with Crippen molar-refractivity contribution in [3.63, 3.8) is 0 Å². The zero-order chi connectivity index (χ0) is 27.1. The summed E-state index contributed by atoms with van der Waals surface area (Å²) in [6.45, 7) is 13.7. The van der Waals surface area contributed by atoms with Gasteiger partial charge in [0.25, 0.3) is 0 Å². The number of piperazine rings is 1. The van der Waals surface area contributed by atoms with Gasteiger partial charge in [-0.1, -0.05) is 39.8 Å². The van der Waals surface area contributed by atoms with Crippen LogP contribution in [0.25, 0.3) is 0 Å². The molecular formula is C28H44N6O3. The molecule has 9 heteroatoms. The normalized spacial score (nSPS) is 15.8. The van der Waals surface area contributed by atoms with E-state index < -0.39 is 6.17 Å². The lowest BCUT2D eigenvalue weighted by Gasteiger charge is -2.34. The monoisotopic (exact) mass is 512 g/mol. The summed E-state index contributed by atoms with van der Waals surface area (Å²) in [7, 11) is 2.14. The number of anilines is 1. The number of phenols is 2. The number of rotatable bonds is 11. The molecule has 1 atom stereocenters. The number of nitrogens with two attached hydrogens (primary N) is 1. The minimum atomic E-state index is -0.873. The van der Waals surface area contributed by atoms with Crippen LogP contribution in [-0.2, 0) is 0 Å². The highest BCUT2D eigenvalue weighted by atomic mass is 16.5. The van der Waals surface area contributed by atoms with E-state index in [9.17, 15) is 10.2 Å². The Morgan fingerprint density at radius 1 is 1.05 bits per heavy atom. The quantitative estimate of drug-likeness (QED) is 0.177. The van der Waals surface area contributed by atoms with Crippen LogP contribution in [0, 0.1) is 5.41 Å². The number of amidine groups is 1. The minimum Gasteiger partial charge on any atom is -0.508 e. The minimum absolute atomic E-state index is 0.0270. The van der Waals surface area contributed by atoms with Gasteiger partial charge in [0, 0.05) is 50.4 Å². The number of nitrogens with one attached hydrogen (secondary N) is 2. The Morgan fingerprint density at radius 3 is 2.35 bits per heavy atom. The van der Waals surface area contributed by atoms with Crippen LogP contribution in [0.4, 0.5) is 5.69 Å². The van der Waals surface area contributed by atoms with Crippen LogP contribution in [0.5, 0.6) is 17.2 Å². The number of aromatic hydroxyl groups is 2. The first-order valence-corrected chi connectivity index (χ1v) is 13.1. The van der Waals surface area contributed by atoms with Crippen molar-refractivity contribution >= 4 is 11.5 Å². The molecule has 0 radical (unpaired) electrons. The van der Waals surface area contributed by atoms with Gasteiger partial charge in [0.05, 0.1) is 12.2 Å². The van der Waals surface area contributed by atoms with Crippen LogP contribution < -0.4 is 20.7 Å². The van der Waals surface area contributed by atoms with E-state index in [4.69, 9.17) is 15.9 Å². The van der Waals surface area contributed by atoms with Crippen molar-refractivity contribution in [3.05, 3.63) is 47.5 Å². The molecule has 204 valence electrons. The van der Waals surface area contributed by atoms with Gasteiger partial charge in [0.1, 0.15) is 35.9 Å². The highest BCUT2D eigenvalue weighted by Gasteiger charge is 2.27. The molecule has 6 N–H and O–H groups in total. The Hall–Kier alpha value is -2.85. The molecule has 1 aliphatic rings. The van der Waals surface area contributed by atoms with Gasteiger partial charge in [0.15, 0.2) is 0 Å². The van der Waals surface area contributed by atoms with E-state index in [0.29, 0.717) is 29.2 Å². The summed E-state index contributed by atoms with van der Waals surface area (Å²) < 4.78 is 6.25. The average molecular weight is 513 g/mol. The number of benzene rings is 2. The number of para-hydroxylation sites is 2. The number of nitrogens with zero attached hydrogens (tertiary/aromatic N) is 3. The maximum Gasteiger partial charge on any atom is 0.143 e. The molecule has 3 rings (SSSR count). The highest BCUT2D eigenvalue weighted by molar-refractivity contribution is 5.99. The Morgan fingerprint density at radius 2 is 1.70 bits per heavy atom. The van der Waals surface area contributed by atoms with Crippen molar-refractivity contribution in [3.8, 4) is 17.2 Å². The molecule has 2 aromatic carbocycles. The highest BCUT2D eigenvalue weighted by Crippen LogP contribution is 2.39. The zero-order valence-electron chi connectivity index (χ0n) is 22.9. The van der Waals surface area contributed by atoms with Crippen molar-refractivity contribution in [2.75, 3.05) is 57.8 Å². The summed E-state index contributed by atoms with van der Waals surface area (Å²) in [5.74, 6) is 0.822. The second kappa shape index (κ2) is 13.1. The lowest BCUT2D eigenvalue weighted by Crippen LogP contribution is -2.46. The van der Waals surface area contributed by atoms with Gasteiger partial charge in [0.2, 0.25) is 0 Å². The Bertz CT molecular complexity index is 1040. The summed E-state index contributed by atoms with van der Waals surface area (Å²) >= 11 is 0. The summed E-state index contributed by atoms with van der Waals surface area (Å²) in [6.07, 6.45) is -0.873. The largest absolute Gasteiger partial charge is 0.508 e. The molecule has 9 nitrogen and oxygen atoms in total. The molecule has 37 heavy (non-hydrogen) atoms. The van der Waals surface area contributed by atoms with Gasteiger partial charge in [-0.05, 0) is 36.7 Å². The van der Waals surface area contributed by atoms with E-state index in [2.05, 4.69) is 22.2 Å². The first-order valence-electron chi connectivity index (χ1n) is 13.1. The predicted molar refractivity (Wildman–Crippen MR) is 150 cm³/mol. The van der Waals surface area contributed by atoms with Crippen LogP contribution >= 0.6 is 0 Å². The van der Waals surface area contributed by atoms with E-state index in [1.165, 1.54) is 6.07 Å². The first-order chi connectivity index (χ1) is 17.6. The predicted octanol–water partition coefficient (Wildman–Crippen LogP) is 3.29. The third-order valence-corrected chi connectivity index (χ3v) is 6.75. The maximum absolute atomic E-state index is 10.7. The molecule has 0 spiro atoms. The molecule has 1 fully saturated rings. The fraction of sp³-hybridized carbons (Fsp3) is 0.536. The van der Waals surface area contributed by atoms with Gasteiger partial charge in [-0.3, -0.25) is 10.3 Å². The Labute approximate surface area is 221 Å². The van der Waals surface area contributed by atoms with Crippen LogP contribution in [0.2, 0.25) is 0 Å². The molecule has 1 aliphatic heterocycles. The van der Waals surface area contributed by atoms with Crippen LogP contribution in [-0.4, -0.2) is 84.8 Å². The number of phenolic OH excluding ortho intramolecular Hbond substituents is 2. The Balaban J connectivity index is 1.90. The standard InChI is InChI=1S/C28H44N6O3/c1-19(2)21-16-22(25(36)17-24(21)35)28(30)34(27(29)18-31-20(3)4)23-8-6-7-9-26(23)37-15-14-33-12-10-32(5)11-13-33/h6-9,16-17,19-20,28-29,31,35-36H,10-15,18,30H2,1-5H3. The maximum atomic E-state index is 10.7. The molecule has 0 saturated carbocycles. The zero-order valence-corrected chi connectivity index (χ0v) is 22.9. The molecule has 1 unspecified atom stereocenters. The second-order valence-corrected chi connectivity index (χ2v) is 10.4. The van der Waals surface area contributed by atoms with Crippen molar-refractivity contribution < 1.29 is 14.9 Å². The van der Waals surface area contributed by atoms with Crippen LogP contribution in [0.3, 0.4) is 0 Å². The number of ether oxygens (including phenoxy) is 1. The van der Waals surface area contributed by atoms with E-state index in [-0.39, 0.29) is 35.8 Å². The van der Waals surface area contributed by atoms with E-state index in [0.717, 1.165) is 32.7 Å². The SMILES string of the molecule is CC(C)NCC(=N)N(c1ccccc1OCCN1CCN(C)CC1)C(N)c1cc(C(C)C)c(O)cc1O. The summed E-state index contributed by atoms with van der Waals surface area (Å²) in [5, 5.41) is 33.3. The molecule has 1 saturated heterocycles. The average Bonchev–Trinajstić information content (AvgIpc) is 2.84. The van der Waals surface area contributed by atoms with E-state index in [1.807, 2.05) is 52.0 Å². The van der Waals surface area contributed by atoms with Crippen molar-refractivity contribution in [2.24, 2.45) is 5.73 Å². The summed E-state index contributed by atoms with van der Waals surface area (Å²) in [4.78, 5) is 6.41. The fourth-order valence-corrected chi connectivity index (χ4v) is 4.43. The molecule has 2 aromatic rings. The van der Waals surface area contributed by atoms with Crippen molar-refractivity contribution in [1.29, 1.82) is 5.41 Å². The molecule has 0 aliphatic carbocycles. The van der Waals surface area contributed by atoms with E-state index >= 15 is 0 Å². The summed E-state index contributed by atoms with van der Waals surface area (Å²) in [6, 6.07) is 10.8. The number of hydrogen-bond acceptors (Lipinski definition) is 8. The third-order valence-electron chi connectivity index (χ3n) is 6.75. The molecule has 1 heterocycles. The van der Waals surface area contributed by atoms with Gasteiger partial charge < -0.3 is 35.8 Å². The molecule has 0 amide bonds. The lowest BCUT2D eigenvalue weighted by molar-refractivity contribution is 0.134. The molecular weight excluding hydrogens is 468 g/mol. The second-order valence-electron chi connectivity index (χ2n) is 10.4. The number of likely N-dealkylation sites (N-methyl/N-ethyl adjacent to an activating group) is 1. The third kappa shape index (κ3) is 7.58.